The van der Waals surface area contributed by atoms with E-state index >= 15 is 0 Å². The van der Waals surface area contributed by atoms with Crippen molar-refractivity contribution in [2.45, 2.75) is 33.1 Å². The van der Waals surface area contributed by atoms with Crippen molar-refractivity contribution in [1.29, 1.82) is 0 Å². The third-order valence-corrected chi connectivity index (χ3v) is 5.37. The highest BCUT2D eigenvalue weighted by Crippen LogP contribution is 2.52. The quantitative estimate of drug-likeness (QED) is 0.496. The summed E-state index contributed by atoms with van der Waals surface area (Å²) >= 11 is 0. The fourth-order valence-electron chi connectivity index (χ4n) is 4.00. The van der Waals surface area contributed by atoms with Gasteiger partial charge in [-0.05, 0) is 58.4 Å². The van der Waals surface area contributed by atoms with Crippen LogP contribution in [0.5, 0.6) is 0 Å². The fraction of sp³-hybridized carbons (Fsp3) is 0.217. The van der Waals surface area contributed by atoms with E-state index < -0.39 is 0 Å². The molecule has 114 valence electrons. The van der Waals surface area contributed by atoms with Gasteiger partial charge in [0.1, 0.15) is 0 Å². The topological polar surface area (TPSA) is 0 Å². The molecule has 3 aromatic rings. The second-order valence-electron chi connectivity index (χ2n) is 7.20. The first-order chi connectivity index (χ1) is 11.0. The summed E-state index contributed by atoms with van der Waals surface area (Å²) in [6, 6.07) is 22.3. The van der Waals surface area contributed by atoms with Crippen LogP contribution in [0.1, 0.15) is 36.1 Å². The zero-order valence-corrected chi connectivity index (χ0v) is 14.3. The van der Waals surface area contributed by atoms with Crippen molar-refractivity contribution in [1.82, 2.24) is 0 Å². The van der Waals surface area contributed by atoms with Crippen LogP contribution in [-0.4, -0.2) is 0 Å². The Balaban J connectivity index is 2.06. The summed E-state index contributed by atoms with van der Waals surface area (Å²) in [7, 11) is 0. The Bertz CT molecular complexity index is 899. The maximum Gasteiger partial charge on any atom is 0.0165 e. The molecule has 0 unspecified atom stereocenters. The van der Waals surface area contributed by atoms with Crippen LogP contribution in [0.25, 0.3) is 22.3 Å². The van der Waals surface area contributed by atoms with Crippen molar-refractivity contribution < 1.29 is 0 Å². The molecule has 0 aromatic heterocycles. The SMILES string of the molecule is Cc1cc2c(cc1C)C(C)(C)c1c(-c3ccccc3)cccc1-2. The minimum atomic E-state index is 0.0373. The van der Waals surface area contributed by atoms with Crippen molar-refractivity contribution in [3.8, 4) is 22.3 Å². The molecule has 0 spiro atoms. The minimum Gasteiger partial charge on any atom is -0.0622 e. The number of hydrogen-bond donors (Lipinski definition) is 0. The molecule has 0 amide bonds. The molecule has 0 saturated carbocycles. The first-order valence-electron chi connectivity index (χ1n) is 8.31. The van der Waals surface area contributed by atoms with E-state index in [-0.39, 0.29) is 5.41 Å². The molecule has 0 heterocycles. The van der Waals surface area contributed by atoms with Crippen molar-refractivity contribution in [3.63, 3.8) is 0 Å². The third kappa shape index (κ3) is 1.98. The van der Waals surface area contributed by atoms with Gasteiger partial charge in [-0.3, -0.25) is 0 Å². The highest BCUT2D eigenvalue weighted by Gasteiger charge is 2.37. The largest absolute Gasteiger partial charge is 0.0622 e. The van der Waals surface area contributed by atoms with Crippen molar-refractivity contribution in [3.05, 3.63) is 82.9 Å². The van der Waals surface area contributed by atoms with Crippen LogP contribution in [0.4, 0.5) is 0 Å². The fourth-order valence-corrected chi connectivity index (χ4v) is 4.00. The molecular formula is C23H22. The van der Waals surface area contributed by atoms with E-state index in [9.17, 15) is 0 Å². The number of benzene rings is 3. The Morgan fingerprint density at radius 2 is 1.30 bits per heavy atom. The Hall–Kier alpha value is -2.34. The number of rotatable bonds is 1. The van der Waals surface area contributed by atoms with E-state index in [1.54, 1.807) is 0 Å². The third-order valence-electron chi connectivity index (χ3n) is 5.37. The predicted octanol–water partition coefficient (Wildman–Crippen LogP) is 6.28. The average molecular weight is 298 g/mol. The number of fused-ring (bicyclic) bond motifs is 3. The van der Waals surface area contributed by atoms with E-state index in [0.717, 1.165) is 0 Å². The summed E-state index contributed by atoms with van der Waals surface area (Å²) in [4.78, 5) is 0. The van der Waals surface area contributed by atoms with Crippen LogP contribution in [0.15, 0.2) is 60.7 Å². The van der Waals surface area contributed by atoms with Crippen LogP contribution in [-0.2, 0) is 5.41 Å². The molecule has 0 radical (unpaired) electrons. The van der Waals surface area contributed by atoms with Gasteiger partial charge in [-0.15, -0.1) is 0 Å². The van der Waals surface area contributed by atoms with E-state index in [1.807, 2.05) is 0 Å². The molecule has 0 N–H and O–H groups in total. The lowest BCUT2D eigenvalue weighted by Gasteiger charge is -2.25. The zero-order valence-electron chi connectivity index (χ0n) is 14.3. The average Bonchev–Trinajstić information content (AvgIpc) is 2.77. The summed E-state index contributed by atoms with van der Waals surface area (Å²) in [5.41, 5.74) is 11.2. The van der Waals surface area contributed by atoms with Crippen molar-refractivity contribution in [2.75, 3.05) is 0 Å². The molecule has 23 heavy (non-hydrogen) atoms. The van der Waals surface area contributed by atoms with Gasteiger partial charge in [-0.1, -0.05) is 74.5 Å². The summed E-state index contributed by atoms with van der Waals surface area (Å²) in [5, 5.41) is 0. The lowest BCUT2D eigenvalue weighted by Crippen LogP contribution is -2.16. The minimum absolute atomic E-state index is 0.0373. The standard InChI is InChI=1S/C23H22/c1-15-13-20-19-12-8-11-18(17-9-6-5-7-10-17)22(19)23(3,4)21(20)14-16(15)2/h5-14H,1-4H3. The predicted molar refractivity (Wildman–Crippen MR) is 98.9 cm³/mol. The molecule has 0 nitrogen and oxygen atoms in total. The lowest BCUT2D eigenvalue weighted by atomic mass is 9.78. The molecule has 0 saturated heterocycles. The first-order valence-corrected chi connectivity index (χ1v) is 8.31. The smallest absolute Gasteiger partial charge is 0.0165 e. The van der Waals surface area contributed by atoms with E-state index in [0.29, 0.717) is 0 Å². The summed E-state index contributed by atoms with van der Waals surface area (Å²) in [5.74, 6) is 0. The monoisotopic (exact) mass is 298 g/mol. The second-order valence-corrected chi connectivity index (χ2v) is 7.20. The normalized spacial score (nSPS) is 14.4. The van der Waals surface area contributed by atoms with Crippen LogP contribution >= 0.6 is 0 Å². The molecule has 0 bridgehead atoms. The van der Waals surface area contributed by atoms with Gasteiger partial charge in [0.25, 0.3) is 0 Å². The number of hydrogen-bond acceptors (Lipinski definition) is 0. The first kappa shape index (κ1) is 14.3. The Morgan fingerprint density at radius 3 is 2.04 bits per heavy atom. The van der Waals surface area contributed by atoms with Gasteiger partial charge in [0.2, 0.25) is 0 Å². The molecule has 4 rings (SSSR count). The molecule has 0 fully saturated rings. The second kappa shape index (κ2) is 4.83. The molecule has 0 heteroatoms. The van der Waals surface area contributed by atoms with Gasteiger partial charge < -0.3 is 0 Å². The van der Waals surface area contributed by atoms with E-state index in [2.05, 4.69) is 88.4 Å². The highest BCUT2D eigenvalue weighted by atomic mass is 14.4. The molecule has 1 aliphatic carbocycles. The summed E-state index contributed by atoms with van der Waals surface area (Å²) < 4.78 is 0. The summed E-state index contributed by atoms with van der Waals surface area (Å²) in [6.07, 6.45) is 0. The molecule has 1 aliphatic rings. The van der Waals surface area contributed by atoms with Crippen molar-refractivity contribution >= 4 is 0 Å². The van der Waals surface area contributed by atoms with Gasteiger partial charge in [0.05, 0.1) is 0 Å². The summed E-state index contributed by atoms with van der Waals surface area (Å²) in [6.45, 7) is 9.15. The van der Waals surface area contributed by atoms with Gasteiger partial charge in [0, 0.05) is 5.41 Å². The molecule has 0 atom stereocenters. The van der Waals surface area contributed by atoms with Crippen LogP contribution in [0.2, 0.25) is 0 Å². The zero-order chi connectivity index (χ0) is 16.2. The molecular weight excluding hydrogens is 276 g/mol. The lowest BCUT2D eigenvalue weighted by molar-refractivity contribution is 0.661. The Kier molecular flexibility index (Phi) is 2.99. The van der Waals surface area contributed by atoms with Crippen LogP contribution in [0.3, 0.4) is 0 Å². The maximum absolute atomic E-state index is 2.39. The Morgan fingerprint density at radius 1 is 0.652 bits per heavy atom. The van der Waals surface area contributed by atoms with E-state index in [1.165, 1.54) is 44.5 Å². The molecule has 0 aliphatic heterocycles. The van der Waals surface area contributed by atoms with E-state index in [4.69, 9.17) is 0 Å². The van der Waals surface area contributed by atoms with Crippen LogP contribution < -0.4 is 0 Å². The Labute approximate surface area is 138 Å². The van der Waals surface area contributed by atoms with Gasteiger partial charge in [0.15, 0.2) is 0 Å². The molecule has 3 aromatic carbocycles. The van der Waals surface area contributed by atoms with Gasteiger partial charge >= 0.3 is 0 Å². The van der Waals surface area contributed by atoms with Gasteiger partial charge in [-0.2, -0.15) is 0 Å². The highest BCUT2D eigenvalue weighted by molar-refractivity contribution is 5.88. The van der Waals surface area contributed by atoms with Gasteiger partial charge in [-0.25, -0.2) is 0 Å². The maximum atomic E-state index is 2.39. The number of aryl methyl sites for hydroxylation is 2. The van der Waals surface area contributed by atoms with Crippen LogP contribution in [0, 0.1) is 13.8 Å². The van der Waals surface area contributed by atoms with Crippen molar-refractivity contribution in [2.24, 2.45) is 0 Å².